The molecule has 7 heteroatoms. The summed E-state index contributed by atoms with van der Waals surface area (Å²) < 4.78 is 0. The van der Waals surface area contributed by atoms with Crippen LogP contribution in [-0.4, -0.2) is 26.9 Å². The number of ketones is 1. The van der Waals surface area contributed by atoms with E-state index in [0.29, 0.717) is 16.9 Å². The monoisotopic (exact) mass is 335 g/mol. The van der Waals surface area contributed by atoms with Gasteiger partial charge in [-0.15, -0.1) is 0 Å². The minimum Gasteiger partial charge on any atom is -0.504 e. The number of aromatic hydroxyl groups is 1. The third-order valence-corrected chi connectivity index (χ3v) is 3.56. The number of aliphatic carboxylic acids is 1. The predicted octanol–water partition coefficient (Wildman–Crippen LogP) is 3.23. The molecule has 0 aliphatic heterocycles. The minimum absolute atomic E-state index is 0.127. The van der Waals surface area contributed by atoms with E-state index in [1.807, 2.05) is 0 Å². The Balaban J connectivity index is 2.56. The standard InChI is InChI=1S/C18H13N3O4/c1-10-7-12(20-2)3-4-13(10)14-8-11(9-19)18(25)17(21-14)15(22)5-6-16(23)24/h3-4,7-8,25H,5-6H2,1H3,(H,23,24). The summed E-state index contributed by atoms with van der Waals surface area (Å²) in [6, 6.07) is 8.03. The molecule has 124 valence electrons. The van der Waals surface area contributed by atoms with Crippen LogP contribution in [0.1, 0.15) is 34.5 Å². The topological polar surface area (TPSA) is 116 Å². The number of aryl methyl sites for hydroxylation is 1. The second-order valence-electron chi connectivity index (χ2n) is 5.29. The molecule has 0 fully saturated rings. The number of carboxylic acid groups (broad SMARTS) is 1. The first-order valence-corrected chi connectivity index (χ1v) is 7.25. The lowest BCUT2D eigenvalue weighted by atomic mass is 10.0. The molecule has 0 aliphatic carbocycles. The van der Waals surface area contributed by atoms with Crippen LogP contribution in [-0.2, 0) is 4.79 Å². The summed E-state index contributed by atoms with van der Waals surface area (Å²) in [5, 5.41) is 27.9. The fourth-order valence-corrected chi connectivity index (χ4v) is 2.30. The van der Waals surface area contributed by atoms with Crippen LogP contribution in [0.2, 0.25) is 0 Å². The number of hydrogen-bond acceptors (Lipinski definition) is 5. The molecule has 2 aromatic rings. The molecule has 0 radical (unpaired) electrons. The smallest absolute Gasteiger partial charge is 0.303 e. The van der Waals surface area contributed by atoms with Gasteiger partial charge in [0.2, 0.25) is 0 Å². The summed E-state index contributed by atoms with van der Waals surface area (Å²) in [6.45, 7) is 8.78. The van der Waals surface area contributed by atoms with Gasteiger partial charge < -0.3 is 10.2 Å². The van der Waals surface area contributed by atoms with E-state index >= 15 is 0 Å². The maximum absolute atomic E-state index is 12.2. The fourth-order valence-electron chi connectivity index (χ4n) is 2.30. The van der Waals surface area contributed by atoms with E-state index in [-0.39, 0.29) is 17.7 Å². The van der Waals surface area contributed by atoms with Crippen LogP contribution < -0.4 is 0 Å². The normalized spacial score (nSPS) is 9.88. The zero-order valence-electron chi connectivity index (χ0n) is 13.3. The lowest BCUT2D eigenvalue weighted by Gasteiger charge is -2.10. The van der Waals surface area contributed by atoms with Crippen LogP contribution in [0.3, 0.4) is 0 Å². The van der Waals surface area contributed by atoms with Crippen LogP contribution in [0.4, 0.5) is 5.69 Å². The van der Waals surface area contributed by atoms with Crippen molar-refractivity contribution in [1.82, 2.24) is 4.98 Å². The average Bonchev–Trinajstić information content (AvgIpc) is 2.59. The van der Waals surface area contributed by atoms with Crippen molar-refractivity contribution in [1.29, 1.82) is 5.26 Å². The number of carbonyl (C=O) groups is 2. The number of Topliss-reactive ketones (excluding diaryl/α,β-unsaturated/α-hetero) is 1. The van der Waals surface area contributed by atoms with E-state index in [1.165, 1.54) is 6.07 Å². The minimum atomic E-state index is -1.14. The van der Waals surface area contributed by atoms with Crippen molar-refractivity contribution in [2.24, 2.45) is 0 Å². The van der Waals surface area contributed by atoms with E-state index in [4.69, 9.17) is 11.7 Å². The highest BCUT2D eigenvalue weighted by Gasteiger charge is 2.20. The molecule has 1 aromatic heterocycles. The molecule has 0 unspecified atom stereocenters. The van der Waals surface area contributed by atoms with E-state index in [1.54, 1.807) is 31.2 Å². The Kier molecular flexibility index (Phi) is 5.11. The van der Waals surface area contributed by atoms with Gasteiger partial charge in [0.25, 0.3) is 0 Å². The van der Waals surface area contributed by atoms with Gasteiger partial charge in [-0.05, 0) is 13.0 Å². The number of nitrogens with zero attached hydrogens (tertiary/aromatic N) is 3. The number of carbonyl (C=O) groups excluding carboxylic acids is 1. The van der Waals surface area contributed by atoms with Gasteiger partial charge in [0.05, 0.1) is 24.3 Å². The van der Waals surface area contributed by atoms with Gasteiger partial charge in [-0.1, -0.05) is 23.8 Å². The van der Waals surface area contributed by atoms with Gasteiger partial charge in [-0.3, -0.25) is 9.59 Å². The van der Waals surface area contributed by atoms with E-state index < -0.39 is 23.9 Å². The van der Waals surface area contributed by atoms with Crippen LogP contribution in [0, 0.1) is 24.8 Å². The number of hydrogen-bond donors (Lipinski definition) is 2. The van der Waals surface area contributed by atoms with Gasteiger partial charge >= 0.3 is 5.97 Å². The van der Waals surface area contributed by atoms with Gasteiger partial charge in [0.15, 0.2) is 17.2 Å². The Labute approximate surface area is 143 Å². The van der Waals surface area contributed by atoms with Crippen molar-refractivity contribution in [2.75, 3.05) is 0 Å². The van der Waals surface area contributed by atoms with Crippen LogP contribution >= 0.6 is 0 Å². The molecule has 0 spiro atoms. The Morgan fingerprint density at radius 2 is 2.04 bits per heavy atom. The largest absolute Gasteiger partial charge is 0.504 e. The number of aromatic nitrogens is 1. The maximum Gasteiger partial charge on any atom is 0.303 e. The molecule has 1 heterocycles. The zero-order chi connectivity index (χ0) is 18.6. The highest BCUT2D eigenvalue weighted by atomic mass is 16.4. The molecular weight excluding hydrogens is 322 g/mol. The molecule has 0 saturated heterocycles. The third-order valence-electron chi connectivity index (χ3n) is 3.56. The van der Waals surface area contributed by atoms with Crippen molar-refractivity contribution in [3.8, 4) is 23.1 Å². The number of pyridine rings is 1. The lowest BCUT2D eigenvalue weighted by molar-refractivity contribution is -0.136. The number of rotatable bonds is 5. The van der Waals surface area contributed by atoms with Crippen molar-refractivity contribution in [2.45, 2.75) is 19.8 Å². The van der Waals surface area contributed by atoms with E-state index in [2.05, 4.69) is 9.83 Å². The highest BCUT2D eigenvalue weighted by molar-refractivity contribution is 5.99. The average molecular weight is 335 g/mol. The van der Waals surface area contributed by atoms with Crippen LogP contribution in [0.5, 0.6) is 5.75 Å². The first-order valence-electron chi connectivity index (χ1n) is 7.25. The molecule has 7 nitrogen and oxygen atoms in total. The van der Waals surface area contributed by atoms with Crippen LogP contribution in [0.15, 0.2) is 24.3 Å². The van der Waals surface area contributed by atoms with Gasteiger partial charge in [0, 0.05) is 12.0 Å². The molecular formula is C18H13N3O4. The molecule has 0 saturated carbocycles. The molecule has 0 atom stereocenters. The second-order valence-corrected chi connectivity index (χ2v) is 5.29. The highest BCUT2D eigenvalue weighted by Crippen LogP contribution is 2.31. The summed E-state index contributed by atoms with van der Waals surface area (Å²) in [7, 11) is 0. The van der Waals surface area contributed by atoms with Crippen molar-refractivity contribution in [3.05, 3.63) is 52.5 Å². The number of carboxylic acids is 1. The first kappa shape index (κ1) is 17.6. The van der Waals surface area contributed by atoms with Crippen molar-refractivity contribution < 1.29 is 19.8 Å². The Bertz CT molecular complexity index is 952. The third kappa shape index (κ3) is 3.80. The molecule has 2 rings (SSSR count). The fraction of sp³-hybridized carbons (Fsp3) is 0.167. The zero-order valence-corrected chi connectivity index (χ0v) is 13.3. The van der Waals surface area contributed by atoms with Gasteiger partial charge in [-0.25, -0.2) is 9.83 Å². The molecule has 25 heavy (non-hydrogen) atoms. The first-order chi connectivity index (χ1) is 11.9. The predicted molar refractivity (Wildman–Crippen MR) is 88.3 cm³/mol. The molecule has 2 N–H and O–H groups in total. The van der Waals surface area contributed by atoms with Crippen molar-refractivity contribution in [3.63, 3.8) is 0 Å². The van der Waals surface area contributed by atoms with Gasteiger partial charge in [0.1, 0.15) is 11.8 Å². The number of nitriles is 1. The summed E-state index contributed by atoms with van der Waals surface area (Å²) in [5.41, 5.74) is 1.61. The van der Waals surface area contributed by atoms with Crippen LogP contribution in [0.25, 0.3) is 16.1 Å². The summed E-state index contributed by atoms with van der Waals surface area (Å²) >= 11 is 0. The van der Waals surface area contributed by atoms with E-state index in [0.717, 1.165) is 5.56 Å². The SMILES string of the molecule is [C-]#[N+]c1ccc(-c2cc(C#N)c(O)c(C(=O)CCC(=O)O)n2)c(C)c1. The molecule has 1 aromatic carbocycles. The Morgan fingerprint density at radius 1 is 1.32 bits per heavy atom. The Morgan fingerprint density at radius 3 is 2.60 bits per heavy atom. The quantitative estimate of drug-likeness (QED) is 0.640. The Hall–Kier alpha value is -3.71. The second kappa shape index (κ2) is 7.24. The maximum atomic E-state index is 12.2. The summed E-state index contributed by atoms with van der Waals surface area (Å²) in [6.07, 6.45) is -0.731. The summed E-state index contributed by atoms with van der Waals surface area (Å²) in [4.78, 5) is 30.2. The molecule has 0 amide bonds. The van der Waals surface area contributed by atoms with Gasteiger partial charge in [-0.2, -0.15) is 5.26 Å². The van der Waals surface area contributed by atoms with Crippen molar-refractivity contribution >= 4 is 17.4 Å². The lowest BCUT2D eigenvalue weighted by Crippen LogP contribution is -2.08. The summed E-state index contributed by atoms with van der Waals surface area (Å²) in [5.74, 6) is -2.36. The molecule has 0 bridgehead atoms. The number of benzene rings is 1. The molecule has 0 aliphatic rings. The van der Waals surface area contributed by atoms with E-state index in [9.17, 15) is 20.0 Å².